The standard InChI is InChI=1S/C47H93NO4/c1-3-5-7-9-11-13-14-15-16-17-18-19-20-21-22-23-24-25-26-27-28-29-30-31-32-34-36-38-40-42-46(51)48-44(43-49)47(52)45(50)41-39-37-35-33-12-10-8-6-4-2/h33,35,44-45,47,49-50,52H,3-32,34,36-43H2,1-2H3,(H,48,51)/b35-33+. The van der Waals surface area contributed by atoms with Crippen LogP contribution < -0.4 is 5.32 Å². The van der Waals surface area contributed by atoms with E-state index in [1.54, 1.807) is 0 Å². The predicted molar refractivity (Wildman–Crippen MR) is 227 cm³/mol. The largest absolute Gasteiger partial charge is 0.394 e. The summed E-state index contributed by atoms with van der Waals surface area (Å²) in [7, 11) is 0. The zero-order valence-corrected chi connectivity index (χ0v) is 35.2. The van der Waals surface area contributed by atoms with Crippen molar-refractivity contribution >= 4 is 5.91 Å². The molecule has 310 valence electrons. The second-order valence-electron chi connectivity index (χ2n) is 16.3. The third-order valence-corrected chi connectivity index (χ3v) is 11.1. The van der Waals surface area contributed by atoms with Crippen LogP contribution in [0.1, 0.15) is 258 Å². The van der Waals surface area contributed by atoms with Gasteiger partial charge in [0.2, 0.25) is 5.91 Å². The number of rotatable bonds is 43. The highest BCUT2D eigenvalue weighted by atomic mass is 16.3. The fraction of sp³-hybridized carbons (Fsp3) is 0.936. The van der Waals surface area contributed by atoms with Crippen LogP contribution in [-0.2, 0) is 4.79 Å². The van der Waals surface area contributed by atoms with Gasteiger partial charge in [0.15, 0.2) is 0 Å². The number of hydrogen-bond donors (Lipinski definition) is 4. The molecule has 0 aliphatic heterocycles. The van der Waals surface area contributed by atoms with Gasteiger partial charge < -0.3 is 20.6 Å². The first kappa shape index (κ1) is 51.1. The van der Waals surface area contributed by atoms with Crippen molar-refractivity contribution in [1.82, 2.24) is 5.32 Å². The van der Waals surface area contributed by atoms with Crippen LogP contribution in [0, 0.1) is 0 Å². The van der Waals surface area contributed by atoms with Gasteiger partial charge in [0.05, 0.1) is 18.8 Å². The fourth-order valence-electron chi connectivity index (χ4n) is 7.46. The Balaban J connectivity index is 3.45. The summed E-state index contributed by atoms with van der Waals surface area (Å²) < 4.78 is 0. The molecule has 3 atom stereocenters. The van der Waals surface area contributed by atoms with Crippen molar-refractivity contribution in [2.75, 3.05) is 6.61 Å². The van der Waals surface area contributed by atoms with E-state index in [4.69, 9.17) is 0 Å². The van der Waals surface area contributed by atoms with Gasteiger partial charge in [-0.05, 0) is 38.5 Å². The number of nitrogens with one attached hydrogen (secondary N) is 1. The Hall–Kier alpha value is -0.910. The van der Waals surface area contributed by atoms with E-state index in [-0.39, 0.29) is 12.5 Å². The van der Waals surface area contributed by atoms with Gasteiger partial charge >= 0.3 is 0 Å². The van der Waals surface area contributed by atoms with E-state index in [0.717, 1.165) is 38.5 Å². The molecule has 0 heterocycles. The quantitative estimate of drug-likeness (QED) is 0.0371. The molecule has 3 unspecified atom stereocenters. The smallest absolute Gasteiger partial charge is 0.220 e. The molecule has 0 saturated heterocycles. The van der Waals surface area contributed by atoms with Crippen LogP contribution in [0.3, 0.4) is 0 Å². The minimum absolute atomic E-state index is 0.152. The molecule has 0 aliphatic rings. The number of aliphatic hydroxyl groups is 3. The average molecular weight is 736 g/mol. The maximum absolute atomic E-state index is 12.4. The van der Waals surface area contributed by atoms with E-state index in [1.165, 1.54) is 193 Å². The van der Waals surface area contributed by atoms with Crippen molar-refractivity contribution in [3.63, 3.8) is 0 Å². The molecule has 5 nitrogen and oxygen atoms in total. The Morgan fingerprint density at radius 1 is 0.462 bits per heavy atom. The number of hydrogen-bond acceptors (Lipinski definition) is 4. The molecular formula is C47H93NO4. The summed E-state index contributed by atoms with van der Waals surface area (Å²) in [4.78, 5) is 12.4. The number of carbonyl (C=O) groups is 1. The van der Waals surface area contributed by atoms with Crippen LogP contribution in [0.4, 0.5) is 0 Å². The fourth-order valence-corrected chi connectivity index (χ4v) is 7.46. The summed E-state index contributed by atoms with van der Waals surface area (Å²) >= 11 is 0. The molecule has 0 aromatic carbocycles. The van der Waals surface area contributed by atoms with Gasteiger partial charge in [-0.1, -0.05) is 225 Å². The summed E-state index contributed by atoms with van der Waals surface area (Å²) in [6.45, 7) is 4.14. The SMILES string of the molecule is CCCCCC/C=C/CCCC(O)C(O)C(CO)NC(=O)CCCCCCCCCCCCCCCCCCCCCCCCCCCCCCC. The van der Waals surface area contributed by atoms with Crippen molar-refractivity contribution in [2.24, 2.45) is 0 Å². The summed E-state index contributed by atoms with van der Waals surface area (Å²) in [5.41, 5.74) is 0. The lowest BCUT2D eigenvalue weighted by Gasteiger charge is -2.26. The monoisotopic (exact) mass is 736 g/mol. The molecule has 0 radical (unpaired) electrons. The molecule has 0 aromatic heterocycles. The van der Waals surface area contributed by atoms with E-state index >= 15 is 0 Å². The van der Waals surface area contributed by atoms with Crippen molar-refractivity contribution in [2.45, 2.75) is 276 Å². The molecule has 0 saturated carbocycles. The number of unbranched alkanes of at least 4 members (excludes halogenated alkanes) is 33. The van der Waals surface area contributed by atoms with Crippen LogP contribution in [0.2, 0.25) is 0 Å². The summed E-state index contributed by atoms with van der Waals surface area (Å²) in [6.07, 6.45) is 50.8. The number of allylic oxidation sites excluding steroid dienone is 2. The number of aliphatic hydroxyl groups excluding tert-OH is 3. The molecule has 4 N–H and O–H groups in total. The molecule has 52 heavy (non-hydrogen) atoms. The molecule has 5 heteroatoms. The van der Waals surface area contributed by atoms with E-state index in [1.807, 2.05) is 0 Å². The second-order valence-corrected chi connectivity index (χ2v) is 16.3. The second kappa shape index (κ2) is 42.8. The number of carbonyl (C=O) groups excluding carboxylic acids is 1. The Bertz CT molecular complexity index is 728. The van der Waals surface area contributed by atoms with Crippen molar-refractivity contribution in [3.8, 4) is 0 Å². The Labute approximate surface area is 325 Å². The van der Waals surface area contributed by atoms with Gasteiger partial charge in [0.1, 0.15) is 6.10 Å². The topological polar surface area (TPSA) is 89.8 Å². The lowest BCUT2D eigenvalue weighted by atomic mass is 10.0. The van der Waals surface area contributed by atoms with Crippen LogP contribution >= 0.6 is 0 Å². The first-order valence-corrected chi connectivity index (χ1v) is 23.5. The number of amides is 1. The highest BCUT2D eigenvalue weighted by Crippen LogP contribution is 2.17. The van der Waals surface area contributed by atoms with Gasteiger partial charge in [0.25, 0.3) is 0 Å². The van der Waals surface area contributed by atoms with E-state index < -0.39 is 18.2 Å². The van der Waals surface area contributed by atoms with Gasteiger partial charge in [-0.2, -0.15) is 0 Å². The van der Waals surface area contributed by atoms with Gasteiger partial charge in [0, 0.05) is 6.42 Å². The Kier molecular flexibility index (Phi) is 42.1. The maximum atomic E-state index is 12.4. The first-order valence-electron chi connectivity index (χ1n) is 23.5. The molecule has 0 aromatic rings. The molecular weight excluding hydrogens is 643 g/mol. The third kappa shape index (κ3) is 37.4. The zero-order valence-electron chi connectivity index (χ0n) is 35.2. The molecule has 0 rings (SSSR count). The Morgan fingerprint density at radius 3 is 1.12 bits per heavy atom. The van der Waals surface area contributed by atoms with E-state index in [0.29, 0.717) is 12.8 Å². The molecule has 0 bridgehead atoms. The van der Waals surface area contributed by atoms with Crippen molar-refractivity contribution in [3.05, 3.63) is 12.2 Å². The van der Waals surface area contributed by atoms with Crippen molar-refractivity contribution in [1.29, 1.82) is 0 Å². The van der Waals surface area contributed by atoms with Gasteiger partial charge in [-0.25, -0.2) is 0 Å². The zero-order chi connectivity index (χ0) is 38.0. The molecule has 1 amide bonds. The predicted octanol–water partition coefficient (Wildman–Crippen LogP) is 13.6. The molecule has 0 aliphatic carbocycles. The average Bonchev–Trinajstić information content (AvgIpc) is 3.15. The van der Waals surface area contributed by atoms with E-state index in [9.17, 15) is 20.1 Å². The van der Waals surface area contributed by atoms with E-state index in [2.05, 4.69) is 31.3 Å². The highest BCUT2D eigenvalue weighted by Gasteiger charge is 2.26. The maximum Gasteiger partial charge on any atom is 0.220 e. The summed E-state index contributed by atoms with van der Waals surface area (Å²) in [5.74, 6) is -0.152. The molecule has 0 spiro atoms. The van der Waals surface area contributed by atoms with Crippen LogP contribution in [-0.4, -0.2) is 46.1 Å². The molecule has 0 fully saturated rings. The summed E-state index contributed by atoms with van der Waals surface area (Å²) in [6, 6.07) is -0.819. The van der Waals surface area contributed by atoms with Crippen LogP contribution in [0.25, 0.3) is 0 Å². The van der Waals surface area contributed by atoms with Crippen molar-refractivity contribution < 1.29 is 20.1 Å². The minimum Gasteiger partial charge on any atom is -0.394 e. The normalized spacial score (nSPS) is 13.6. The lowest BCUT2D eigenvalue weighted by molar-refractivity contribution is -0.124. The summed E-state index contributed by atoms with van der Waals surface area (Å²) in [5, 5.41) is 33.3. The minimum atomic E-state index is -1.15. The van der Waals surface area contributed by atoms with Gasteiger partial charge in [-0.3, -0.25) is 4.79 Å². The highest BCUT2D eigenvalue weighted by molar-refractivity contribution is 5.76. The van der Waals surface area contributed by atoms with Crippen LogP contribution in [0.5, 0.6) is 0 Å². The Morgan fingerprint density at radius 2 is 0.769 bits per heavy atom. The third-order valence-electron chi connectivity index (χ3n) is 11.1. The first-order chi connectivity index (χ1) is 25.6. The lowest BCUT2D eigenvalue weighted by Crippen LogP contribution is -2.50. The van der Waals surface area contributed by atoms with Crippen LogP contribution in [0.15, 0.2) is 12.2 Å². The van der Waals surface area contributed by atoms with Gasteiger partial charge in [-0.15, -0.1) is 0 Å².